The molecule has 0 spiro atoms. The maximum atomic E-state index is 2.53. The second-order valence-corrected chi connectivity index (χ2v) is 6.91. The summed E-state index contributed by atoms with van der Waals surface area (Å²) < 4.78 is 0. The molecule has 0 fully saturated rings. The SMILES string of the molecule is CC[C@](C)([B][C@H](C)c1ccccc1)c1c(C)cc(C)cc1C. The van der Waals surface area contributed by atoms with E-state index in [9.17, 15) is 0 Å². The monoisotopic (exact) mass is 291 g/mol. The minimum atomic E-state index is 0.108. The molecule has 0 N–H and O–H groups in total. The normalized spacial score (nSPS) is 15.2. The maximum absolute atomic E-state index is 2.53. The molecule has 0 saturated carbocycles. The molecule has 2 atom stereocenters. The van der Waals surface area contributed by atoms with Crippen LogP contribution >= 0.6 is 0 Å². The Labute approximate surface area is 137 Å². The van der Waals surface area contributed by atoms with E-state index in [2.05, 4.69) is 91.3 Å². The minimum absolute atomic E-state index is 0.108. The van der Waals surface area contributed by atoms with Crippen LogP contribution in [0.4, 0.5) is 0 Å². The van der Waals surface area contributed by atoms with Gasteiger partial charge in [-0.15, -0.1) is 0 Å². The van der Waals surface area contributed by atoms with Crippen molar-refractivity contribution in [2.75, 3.05) is 0 Å². The standard InChI is InChI=1S/C21H28B/c1-7-21(6,20-16(3)13-15(2)14-17(20)4)22-18(5)19-11-9-8-10-12-19/h8-14,18H,7H2,1-6H3/t18-,21+/m1/s1. The van der Waals surface area contributed by atoms with Gasteiger partial charge in [0, 0.05) is 0 Å². The van der Waals surface area contributed by atoms with E-state index in [0.717, 1.165) is 6.42 Å². The summed E-state index contributed by atoms with van der Waals surface area (Å²) in [4.78, 5) is 0. The van der Waals surface area contributed by atoms with Crippen LogP contribution in [0.2, 0.25) is 0 Å². The van der Waals surface area contributed by atoms with Crippen LogP contribution in [-0.4, -0.2) is 7.28 Å². The first kappa shape index (κ1) is 16.9. The Morgan fingerprint density at radius 3 is 2.05 bits per heavy atom. The Morgan fingerprint density at radius 1 is 1.00 bits per heavy atom. The zero-order chi connectivity index (χ0) is 16.3. The van der Waals surface area contributed by atoms with E-state index < -0.39 is 0 Å². The maximum Gasteiger partial charge on any atom is 0.133 e. The van der Waals surface area contributed by atoms with Crippen molar-refractivity contribution in [1.29, 1.82) is 0 Å². The molecule has 0 aromatic heterocycles. The summed E-state index contributed by atoms with van der Waals surface area (Å²) in [6.07, 6.45) is 1.12. The number of hydrogen-bond acceptors (Lipinski definition) is 0. The van der Waals surface area contributed by atoms with Crippen LogP contribution < -0.4 is 0 Å². The van der Waals surface area contributed by atoms with E-state index >= 15 is 0 Å². The molecule has 1 heteroatoms. The number of aryl methyl sites for hydroxylation is 3. The number of hydrogen-bond donors (Lipinski definition) is 0. The van der Waals surface area contributed by atoms with Crippen molar-refractivity contribution in [1.82, 2.24) is 0 Å². The predicted molar refractivity (Wildman–Crippen MR) is 98.9 cm³/mol. The van der Waals surface area contributed by atoms with E-state index in [-0.39, 0.29) is 5.31 Å². The fourth-order valence-corrected chi connectivity index (χ4v) is 3.86. The zero-order valence-electron chi connectivity index (χ0n) is 14.9. The van der Waals surface area contributed by atoms with Crippen molar-refractivity contribution in [2.24, 2.45) is 0 Å². The Bertz CT molecular complexity index is 607. The lowest BCUT2D eigenvalue weighted by Crippen LogP contribution is -2.34. The van der Waals surface area contributed by atoms with Crippen LogP contribution in [0, 0.1) is 20.8 Å². The van der Waals surface area contributed by atoms with Crippen LogP contribution in [0.15, 0.2) is 42.5 Å². The van der Waals surface area contributed by atoms with Gasteiger partial charge in [-0.1, -0.05) is 80.8 Å². The van der Waals surface area contributed by atoms with Gasteiger partial charge in [-0.2, -0.15) is 0 Å². The summed E-state index contributed by atoms with van der Waals surface area (Å²) in [6.45, 7) is 13.7. The second kappa shape index (κ2) is 6.73. The Morgan fingerprint density at radius 2 is 1.55 bits per heavy atom. The summed E-state index contributed by atoms with van der Waals surface area (Å²) >= 11 is 0. The average molecular weight is 291 g/mol. The first-order valence-electron chi connectivity index (χ1n) is 8.36. The van der Waals surface area contributed by atoms with Gasteiger partial charge in [0.15, 0.2) is 0 Å². The smallest absolute Gasteiger partial charge is 0.0657 e. The molecule has 1 radical (unpaired) electrons. The Balaban J connectivity index is 2.37. The van der Waals surface area contributed by atoms with Crippen LogP contribution in [-0.2, 0) is 5.31 Å². The van der Waals surface area contributed by atoms with E-state index in [0.29, 0.717) is 5.82 Å². The van der Waals surface area contributed by atoms with Gasteiger partial charge in [-0.3, -0.25) is 0 Å². The number of benzene rings is 2. The molecular formula is C21H28B. The van der Waals surface area contributed by atoms with Gasteiger partial charge in [0.05, 0.1) is 0 Å². The first-order valence-corrected chi connectivity index (χ1v) is 8.36. The van der Waals surface area contributed by atoms with Gasteiger partial charge in [-0.25, -0.2) is 0 Å². The topological polar surface area (TPSA) is 0 Å². The van der Waals surface area contributed by atoms with Gasteiger partial charge in [0.25, 0.3) is 0 Å². The largest absolute Gasteiger partial charge is 0.133 e. The first-order chi connectivity index (χ1) is 10.4. The fraction of sp³-hybridized carbons (Fsp3) is 0.429. The molecule has 2 aromatic rings. The highest BCUT2D eigenvalue weighted by Crippen LogP contribution is 2.35. The van der Waals surface area contributed by atoms with Crippen molar-refractivity contribution in [2.45, 2.75) is 59.1 Å². The van der Waals surface area contributed by atoms with Gasteiger partial charge < -0.3 is 0 Å². The van der Waals surface area contributed by atoms with Crippen LogP contribution in [0.1, 0.15) is 60.8 Å². The Hall–Kier alpha value is -1.50. The van der Waals surface area contributed by atoms with Crippen molar-refractivity contribution in [3.63, 3.8) is 0 Å². The molecule has 0 unspecified atom stereocenters. The summed E-state index contributed by atoms with van der Waals surface area (Å²) in [7, 11) is 2.53. The van der Waals surface area contributed by atoms with Crippen molar-refractivity contribution < 1.29 is 0 Å². The van der Waals surface area contributed by atoms with Crippen LogP contribution in [0.5, 0.6) is 0 Å². The van der Waals surface area contributed by atoms with E-state index in [1.807, 2.05) is 0 Å². The quantitative estimate of drug-likeness (QED) is 0.620. The summed E-state index contributed by atoms with van der Waals surface area (Å²) in [6, 6.07) is 15.4. The third-order valence-corrected chi connectivity index (χ3v) is 4.93. The van der Waals surface area contributed by atoms with Gasteiger partial charge in [0.2, 0.25) is 0 Å². The fourth-order valence-electron chi connectivity index (χ4n) is 3.86. The van der Waals surface area contributed by atoms with Crippen molar-refractivity contribution in [3.8, 4) is 0 Å². The van der Waals surface area contributed by atoms with Gasteiger partial charge >= 0.3 is 0 Å². The molecule has 2 rings (SSSR count). The highest BCUT2D eigenvalue weighted by Gasteiger charge is 2.31. The minimum Gasteiger partial charge on any atom is -0.0657 e. The lowest BCUT2D eigenvalue weighted by Gasteiger charge is -2.34. The Kier molecular flexibility index (Phi) is 5.16. The highest BCUT2D eigenvalue weighted by atomic mass is 14.2. The molecule has 2 aromatic carbocycles. The highest BCUT2D eigenvalue weighted by molar-refractivity contribution is 6.42. The zero-order valence-corrected chi connectivity index (χ0v) is 14.9. The van der Waals surface area contributed by atoms with Crippen LogP contribution in [0.25, 0.3) is 0 Å². The van der Waals surface area contributed by atoms with E-state index in [4.69, 9.17) is 0 Å². The predicted octanol–water partition coefficient (Wildman–Crippen LogP) is 5.70. The molecule has 0 saturated heterocycles. The number of rotatable bonds is 5. The molecular weight excluding hydrogens is 263 g/mol. The van der Waals surface area contributed by atoms with E-state index in [1.54, 1.807) is 0 Å². The summed E-state index contributed by atoms with van der Waals surface area (Å²) in [5, 5.41) is 0.108. The molecule has 22 heavy (non-hydrogen) atoms. The molecule has 0 amide bonds. The third kappa shape index (κ3) is 3.46. The molecule has 0 bridgehead atoms. The van der Waals surface area contributed by atoms with Crippen molar-refractivity contribution in [3.05, 3.63) is 70.3 Å². The van der Waals surface area contributed by atoms with Crippen molar-refractivity contribution >= 4 is 7.28 Å². The molecule has 0 aliphatic carbocycles. The van der Waals surface area contributed by atoms with Gasteiger partial charge in [0.1, 0.15) is 7.28 Å². The average Bonchev–Trinajstić information content (AvgIpc) is 2.47. The molecule has 115 valence electrons. The third-order valence-electron chi connectivity index (χ3n) is 4.93. The lowest BCUT2D eigenvalue weighted by molar-refractivity contribution is 0.620. The lowest BCUT2D eigenvalue weighted by atomic mass is 9.42. The molecule has 0 heterocycles. The van der Waals surface area contributed by atoms with Crippen LogP contribution in [0.3, 0.4) is 0 Å². The molecule has 0 aliphatic heterocycles. The summed E-state index contributed by atoms with van der Waals surface area (Å²) in [5.74, 6) is 0.450. The second-order valence-electron chi connectivity index (χ2n) is 6.91. The molecule has 0 nitrogen and oxygen atoms in total. The molecule has 0 aliphatic rings. The van der Waals surface area contributed by atoms with E-state index in [1.165, 1.54) is 27.8 Å². The summed E-state index contributed by atoms with van der Waals surface area (Å²) in [5.41, 5.74) is 7.08. The van der Waals surface area contributed by atoms with Gasteiger partial charge in [-0.05, 0) is 48.6 Å².